The summed E-state index contributed by atoms with van der Waals surface area (Å²) in [5.41, 5.74) is 3.04. The number of fused-ring (bicyclic) bond motifs is 1. The third kappa shape index (κ3) is 3.44. The van der Waals surface area contributed by atoms with Gasteiger partial charge in [0, 0.05) is 12.1 Å². The summed E-state index contributed by atoms with van der Waals surface area (Å²) in [5.74, 6) is 0.00271. The van der Waals surface area contributed by atoms with Crippen molar-refractivity contribution >= 4 is 22.7 Å². The molecule has 2 aromatic carbocycles. The summed E-state index contributed by atoms with van der Waals surface area (Å²) < 4.78 is 7.44. The number of hydrogen-bond donors (Lipinski definition) is 1. The highest BCUT2D eigenvalue weighted by atomic mass is 16.3. The lowest BCUT2D eigenvalue weighted by molar-refractivity contribution is 0.0996. The van der Waals surface area contributed by atoms with Gasteiger partial charge in [0.05, 0.1) is 18.1 Å². The molecule has 0 aliphatic carbocycles. The smallest absolute Gasteiger partial charge is 0.292 e. The van der Waals surface area contributed by atoms with Crippen LogP contribution in [0.2, 0.25) is 0 Å². The van der Waals surface area contributed by atoms with Gasteiger partial charge in [-0.2, -0.15) is 5.10 Å². The molecule has 0 radical (unpaired) electrons. The number of aryl methyl sites for hydroxylation is 2. The molecule has 28 heavy (non-hydrogen) atoms. The Balaban J connectivity index is 1.63. The first kappa shape index (κ1) is 17.7. The van der Waals surface area contributed by atoms with Crippen LogP contribution in [0.25, 0.3) is 11.0 Å². The summed E-state index contributed by atoms with van der Waals surface area (Å²) in [4.78, 5) is 25.2. The summed E-state index contributed by atoms with van der Waals surface area (Å²) in [6.07, 6.45) is 1.61. The molecule has 0 aliphatic rings. The minimum atomic E-state index is -0.492. The van der Waals surface area contributed by atoms with Crippen molar-refractivity contribution in [2.75, 3.05) is 5.32 Å². The van der Waals surface area contributed by atoms with E-state index in [1.807, 2.05) is 50.2 Å². The highest BCUT2D eigenvalue weighted by Gasteiger charge is 2.16. The van der Waals surface area contributed by atoms with Gasteiger partial charge in [-0.3, -0.25) is 9.59 Å². The van der Waals surface area contributed by atoms with Gasteiger partial charge in [-0.15, -0.1) is 0 Å². The summed E-state index contributed by atoms with van der Waals surface area (Å²) >= 11 is 0. The lowest BCUT2D eigenvalue weighted by Gasteiger charge is -2.10. The number of aromatic nitrogens is 2. The van der Waals surface area contributed by atoms with E-state index in [2.05, 4.69) is 10.4 Å². The van der Waals surface area contributed by atoms with E-state index in [1.165, 1.54) is 6.07 Å². The molecule has 1 amide bonds. The van der Waals surface area contributed by atoms with Crippen molar-refractivity contribution in [3.63, 3.8) is 0 Å². The Bertz CT molecular complexity index is 1220. The van der Waals surface area contributed by atoms with Crippen molar-refractivity contribution in [2.24, 2.45) is 0 Å². The number of carbonyl (C=O) groups is 1. The van der Waals surface area contributed by atoms with Crippen molar-refractivity contribution in [1.29, 1.82) is 0 Å². The molecular weight excluding hydrogens is 354 g/mol. The van der Waals surface area contributed by atoms with Gasteiger partial charge in [0.1, 0.15) is 11.4 Å². The van der Waals surface area contributed by atoms with Crippen LogP contribution in [0.5, 0.6) is 0 Å². The molecule has 0 atom stereocenters. The number of amides is 1. The Kier molecular flexibility index (Phi) is 4.53. The number of benzene rings is 2. The van der Waals surface area contributed by atoms with E-state index in [4.69, 9.17) is 4.42 Å². The molecule has 6 heteroatoms. The average molecular weight is 373 g/mol. The minimum absolute atomic E-state index is 0.0306. The zero-order valence-corrected chi connectivity index (χ0v) is 15.6. The van der Waals surface area contributed by atoms with Crippen LogP contribution >= 0.6 is 0 Å². The van der Waals surface area contributed by atoms with Crippen LogP contribution in [0.1, 0.15) is 27.2 Å². The highest BCUT2D eigenvalue weighted by molar-refractivity contribution is 6.02. The molecule has 1 N–H and O–H groups in total. The Hall–Kier alpha value is -3.67. The van der Waals surface area contributed by atoms with Crippen molar-refractivity contribution in [3.05, 3.63) is 93.5 Å². The number of nitrogens with zero attached hydrogens (tertiary/aromatic N) is 2. The molecule has 0 saturated heterocycles. The molecule has 2 heterocycles. The zero-order valence-electron chi connectivity index (χ0n) is 15.6. The third-order valence-electron chi connectivity index (χ3n) is 4.52. The maximum atomic E-state index is 12.7. The Morgan fingerprint density at radius 2 is 1.89 bits per heavy atom. The normalized spacial score (nSPS) is 10.9. The largest absolute Gasteiger partial charge is 0.450 e. The number of nitrogens with one attached hydrogen (secondary N) is 1. The van der Waals surface area contributed by atoms with E-state index < -0.39 is 5.91 Å². The lowest BCUT2D eigenvalue weighted by Crippen LogP contribution is -2.18. The molecule has 0 saturated carbocycles. The zero-order chi connectivity index (χ0) is 19.7. The van der Waals surface area contributed by atoms with Crippen molar-refractivity contribution in [2.45, 2.75) is 20.4 Å². The second kappa shape index (κ2) is 7.15. The second-order valence-corrected chi connectivity index (χ2v) is 6.75. The van der Waals surface area contributed by atoms with Crippen LogP contribution in [0.15, 0.2) is 70.0 Å². The van der Waals surface area contributed by atoms with Gasteiger partial charge >= 0.3 is 0 Å². The van der Waals surface area contributed by atoms with E-state index in [0.717, 1.165) is 16.7 Å². The van der Waals surface area contributed by atoms with E-state index in [-0.39, 0.29) is 11.2 Å². The van der Waals surface area contributed by atoms with Gasteiger partial charge < -0.3 is 9.73 Å². The highest BCUT2D eigenvalue weighted by Crippen LogP contribution is 2.20. The van der Waals surface area contributed by atoms with Crippen LogP contribution in [-0.2, 0) is 6.54 Å². The van der Waals surface area contributed by atoms with Crippen LogP contribution in [0, 0.1) is 13.8 Å². The first-order chi connectivity index (χ1) is 13.5. The van der Waals surface area contributed by atoms with Crippen LogP contribution in [-0.4, -0.2) is 15.7 Å². The van der Waals surface area contributed by atoms with Gasteiger partial charge in [-0.05, 0) is 36.6 Å². The molecule has 140 valence electrons. The van der Waals surface area contributed by atoms with Crippen LogP contribution < -0.4 is 10.7 Å². The van der Waals surface area contributed by atoms with E-state index in [0.29, 0.717) is 23.3 Å². The van der Waals surface area contributed by atoms with Gasteiger partial charge in [0.2, 0.25) is 0 Å². The van der Waals surface area contributed by atoms with E-state index in [1.54, 1.807) is 23.0 Å². The molecular formula is C22H19N3O3. The Labute approximate surface area is 161 Å². The number of carbonyl (C=O) groups excluding carboxylic acids is 1. The second-order valence-electron chi connectivity index (χ2n) is 6.75. The first-order valence-electron chi connectivity index (χ1n) is 8.93. The van der Waals surface area contributed by atoms with E-state index in [9.17, 15) is 9.59 Å². The molecule has 0 spiro atoms. The summed E-state index contributed by atoms with van der Waals surface area (Å²) in [6, 6.07) is 16.4. The minimum Gasteiger partial charge on any atom is -0.450 e. The topological polar surface area (TPSA) is 77.1 Å². The molecule has 6 nitrogen and oxygen atoms in total. The number of hydrogen-bond acceptors (Lipinski definition) is 4. The number of anilines is 1. The van der Waals surface area contributed by atoms with Gasteiger partial charge in [-0.25, -0.2) is 4.68 Å². The summed E-state index contributed by atoms with van der Waals surface area (Å²) in [6.45, 7) is 4.29. The predicted octanol–water partition coefficient (Wildman–Crippen LogP) is 3.91. The number of rotatable bonds is 4. The molecule has 2 aromatic heterocycles. The summed E-state index contributed by atoms with van der Waals surface area (Å²) in [5, 5.41) is 7.51. The fraction of sp³-hybridized carbons (Fsp3) is 0.136. The van der Waals surface area contributed by atoms with Crippen molar-refractivity contribution in [3.8, 4) is 0 Å². The average Bonchev–Trinajstić information content (AvgIpc) is 3.10. The molecule has 0 aliphatic heterocycles. The van der Waals surface area contributed by atoms with Crippen LogP contribution in [0.4, 0.5) is 5.82 Å². The monoisotopic (exact) mass is 373 g/mol. The van der Waals surface area contributed by atoms with Crippen molar-refractivity contribution in [1.82, 2.24) is 9.78 Å². The fourth-order valence-corrected chi connectivity index (χ4v) is 3.22. The summed E-state index contributed by atoms with van der Waals surface area (Å²) in [7, 11) is 0. The Morgan fingerprint density at radius 3 is 2.68 bits per heavy atom. The maximum absolute atomic E-state index is 12.7. The Morgan fingerprint density at radius 1 is 1.11 bits per heavy atom. The molecule has 0 bridgehead atoms. The van der Waals surface area contributed by atoms with Gasteiger partial charge in [0.15, 0.2) is 11.2 Å². The SMILES string of the molecule is Cc1cc(C)c2oc(C(=O)Nc3ccnn3Cc3ccccc3)cc(=O)c2c1. The van der Waals surface area contributed by atoms with Gasteiger partial charge in [-0.1, -0.05) is 36.4 Å². The van der Waals surface area contributed by atoms with E-state index >= 15 is 0 Å². The lowest BCUT2D eigenvalue weighted by atomic mass is 10.1. The fourth-order valence-electron chi connectivity index (χ4n) is 3.22. The quantitative estimate of drug-likeness (QED) is 0.588. The molecule has 0 unspecified atom stereocenters. The molecule has 4 aromatic rings. The maximum Gasteiger partial charge on any atom is 0.292 e. The molecule has 4 rings (SSSR count). The van der Waals surface area contributed by atoms with Crippen LogP contribution in [0.3, 0.4) is 0 Å². The molecule has 0 fully saturated rings. The third-order valence-corrected chi connectivity index (χ3v) is 4.52. The predicted molar refractivity (Wildman–Crippen MR) is 108 cm³/mol. The first-order valence-corrected chi connectivity index (χ1v) is 8.93. The van der Waals surface area contributed by atoms with Crippen molar-refractivity contribution < 1.29 is 9.21 Å². The van der Waals surface area contributed by atoms with Gasteiger partial charge in [0.25, 0.3) is 5.91 Å². The standard InChI is InChI=1S/C22H19N3O3/c1-14-10-15(2)21-17(11-14)18(26)12-19(28-21)22(27)24-20-8-9-23-25(20)13-16-6-4-3-5-7-16/h3-12H,13H2,1-2H3,(H,24,27).